The van der Waals surface area contributed by atoms with E-state index in [9.17, 15) is 4.79 Å². The summed E-state index contributed by atoms with van der Waals surface area (Å²) >= 11 is 0. The van der Waals surface area contributed by atoms with E-state index in [2.05, 4.69) is 15.3 Å². The van der Waals surface area contributed by atoms with Crippen LogP contribution < -0.4 is 15.6 Å². The third-order valence-electron chi connectivity index (χ3n) is 3.79. The van der Waals surface area contributed by atoms with E-state index < -0.39 is 0 Å². The van der Waals surface area contributed by atoms with Crippen LogP contribution in [0.3, 0.4) is 0 Å². The Labute approximate surface area is 149 Å². The fourth-order valence-electron chi connectivity index (χ4n) is 2.58. The largest absolute Gasteiger partial charge is 0.439 e. The predicted molar refractivity (Wildman–Crippen MR) is 99.5 cm³/mol. The first-order valence-electron chi connectivity index (χ1n) is 8.18. The number of rotatable bonds is 5. The van der Waals surface area contributed by atoms with E-state index in [0.717, 1.165) is 5.69 Å². The SMILES string of the molecule is O=c1cc(CNc2cccc(Oc3ccccn3)c2)nc2ccccn12. The molecular weight excluding hydrogens is 328 g/mol. The first kappa shape index (κ1) is 15.8. The van der Waals surface area contributed by atoms with E-state index >= 15 is 0 Å². The summed E-state index contributed by atoms with van der Waals surface area (Å²) < 4.78 is 7.25. The van der Waals surface area contributed by atoms with E-state index in [1.54, 1.807) is 24.5 Å². The summed E-state index contributed by atoms with van der Waals surface area (Å²) in [5.74, 6) is 1.22. The highest BCUT2D eigenvalue weighted by Crippen LogP contribution is 2.22. The Morgan fingerprint density at radius 2 is 1.92 bits per heavy atom. The Kier molecular flexibility index (Phi) is 4.30. The second-order valence-corrected chi connectivity index (χ2v) is 5.67. The molecule has 0 saturated carbocycles. The minimum Gasteiger partial charge on any atom is -0.439 e. The van der Waals surface area contributed by atoms with Crippen LogP contribution in [0.4, 0.5) is 5.69 Å². The molecule has 0 bridgehead atoms. The highest BCUT2D eigenvalue weighted by molar-refractivity contribution is 5.49. The molecule has 0 unspecified atom stereocenters. The van der Waals surface area contributed by atoms with Gasteiger partial charge in [0.1, 0.15) is 11.4 Å². The van der Waals surface area contributed by atoms with Crippen LogP contribution >= 0.6 is 0 Å². The van der Waals surface area contributed by atoms with Gasteiger partial charge in [0.15, 0.2) is 0 Å². The zero-order valence-corrected chi connectivity index (χ0v) is 13.9. The van der Waals surface area contributed by atoms with Gasteiger partial charge in [0.2, 0.25) is 5.88 Å². The van der Waals surface area contributed by atoms with E-state index in [1.165, 1.54) is 10.5 Å². The van der Waals surface area contributed by atoms with Gasteiger partial charge < -0.3 is 10.1 Å². The maximum Gasteiger partial charge on any atom is 0.258 e. The van der Waals surface area contributed by atoms with Crippen LogP contribution in [0.15, 0.2) is 83.9 Å². The Bertz CT molecular complexity index is 1090. The van der Waals surface area contributed by atoms with Crippen molar-refractivity contribution in [3.05, 3.63) is 95.2 Å². The lowest BCUT2D eigenvalue weighted by Gasteiger charge is -2.09. The normalized spacial score (nSPS) is 10.6. The van der Waals surface area contributed by atoms with Gasteiger partial charge >= 0.3 is 0 Å². The third-order valence-corrected chi connectivity index (χ3v) is 3.79. The molecule has 0 spiro atoms. The third kappa shape index (κ3) is 3.54. The van der Waals surface area contributed by atoms with Gasteiger partial charge in [0.25, 0.3) is 5.56 Å². The van der Waals surface area contributed by atoms with Crippen molar-refractivity contribution < 1.29 is 4.74 Å². The van der Waals surface area contributed by atoms with Crippen molar-refractivity contribution in [2.24, 2.45) is 0 Å². The molecule has 0 radical (unpaired) electrons. The van der Waals surface area contributed by atoms with Crippen molar-refractivity contribution in [2.45, 2.75) is 6.54 Å². The number of hydrogen-bond acceptors (Lipinski definition) is 5. The van der Waals surface area contributed by atoms with Crippen LogP contribution in [0, 0.1) is 0 Å². The average Bonchev–Trinajstić information content (AvgIpc) is 2.68. The minimum absolute atomic E-state index is 0.0976. The van der Waals surface area contributed by atoms with Crippen molar-refractivity contribution in [1.29, 1.82) is 0 Å². The molecule has 0 fully saturated rings. The van der Waals surface area contributed by atoms with Crippen LogP contribution in [-0.4, -0.2) is 14.4 Å². The van der Waals surface area contributed by atoms with Crippen LogP contribution in [0.1, 0.15) is 5.69 Å². The fourth-order valence-corrected chi connectivity index (χ4v) is 2.58. The van der Waals surface area contributed by atoms with Crippen molar-refractivity contribution in [3.63, 3.8) is 0 Å². The first-order chi connectivity index (χ1) is 12.8. The maximum atomic E-state index is 12.1. The number of anilines is 1. The number of aromatic nitrogens is 3. The van der Waals surface area contributed by atoms with Crippen molar-refractivity contribution in [2.75, 3.05) is 5.32 Å². The van der Waals surface area contributed by atoms with Gasteiger partial charge in [-0.05, 0) is 30.3 Å². The molecule has 6 nitrogen and oxygen atoms in total. The van der Waals surface area contributed by atoms with Crippen LogP contribution in [0.2, 0.25) is 0 Å². The maximum absolute atomic E-state index is 12.1. The Morgan fingerprint density at radius 1 is 1.00 bits per heavy atom. The lowest BCUT2D eigenvalue weighted by Crippen LogP contribution is -2.16. The Balaban J connectivity index is 1.50. The smallest absolute Gasteiger partial charge is 0.258 e. The van der Waals surface area contributed by atoms with Gasteiger partial charge in [-0.2, -0.15) is 0 Å². The lowest BCUT2D eigenvalue weighted by molar-refractivity contribution is 0.463. The zero-order chi connectivity index (χ0) is 17.8. The molecule has 0 amide bonds. The van der Waals surface area contributed by atoms with Gasteiger partial charge in [0.05, 0.1) is 12.2 Å². The van der Waals surface area contributed by atoms with E-state index in [-0.39, 0.29) is 5.56 Å². The van der Waals surface area contributed by atoms with Crippen LogP contribution in [0.5, 0.6) is 11.6 Å². The number of nitrogens with one attached hydrogen (secondary N) is 1. The topological polar surface area (TPSA) is 68.5 Å². The van der Waals surface area contributed by atoms with Gasteiger partial charge in [0, 0.05) is 36.3 Å². The van der Waals surface area contributed by atoms with Crippen LogP contribution in [0.25, 0.3) is 5.65 Å². The summed E-state index contributed by atoms with van der Waals surface area (Å²) in [4.78, 5) is 20.8. The van der Waals surface area contributed by atoms with Crippen molar-refractivity contribution in [1.82, 2.24) is 14.4 Å². The molecule has 3 heterocycles. The second kappa shape index (κ2) is 7.06. The van der Waals surface area contributed by atoms with Crippen molar-refractivity contribution in [3.8, 4) is 11.6 Å². The molecule has 4 rings (SSSR count). The molecule has 1 aromatic carbocycles. The number of nitrogens with zero attached hydrogens (tertiary/aromatic N) is 3. The first-order valence-corrected chi connectivity index (χ1v) is 8.18. The molecule has 0 aliphatic carbocycles. The molecule has 4 aromatic rings. The van der Waals surface area contributed by atoms with Crippen LogP contribution in [-0.2, 0) is 6.54 Å². The lowest BCUT2D eigenvalue weighted by atomic mass is 10.3. The summed E-state index contributed by atoms with van der Waals surface area (Å²) in [5.41, 5.74) is 2.08. The molecule has 0 saturated heterocycles. The number of pyridine rings is 2. The zero-order valence-electron chi connectivity index (χ0n) is 13.9. The van der Waals surface area contributed by atoms with E-state index in [1.807, 2.05) is 48.5 Å². The number of hydrogen-bond donors (Lipinski definition) is 1. The number of ether oxygens (including phenoxy) is 1. The van der Waals surface area contributed by atoms with Gasteiger partial charge in [-0.25, -0.2) is 9.97 Å². The Hall–Kier alpha value is -3.67. The predicted octanol–water partition coefficient (Wildman–Crippen LogP) is 3.49. The summed E-state index contributed by atoms with van der Waals surface area (Å²) in [6, 6.07) is 20.1. The highest BCUT2D eigenvalue weighted by atomic mass is 16.5. The summed E-state index contributed by atoms with van der Waals surface area (Å²) in [6.45, 7) is 0.438. The summed E-state index contributed by atoms with van der Waals surface area (Å²) in [6.07, 6.45) is 3.39. The molecule has 0 atom stereocenters. The van der Waals surface area contributed by atoms with Gasteiger partial charge in [-0.1, -0.05) is 18.2 Å². The van der Waals surface area contributed by atoms with Gasteiger partial charge in [-0.15, -0.1) is 0 Å². The molecule has 0 aliphatic rings. The standard InChI is InChI=1S/C20H16N4O2/c25-20-13-16(23-18-8-2-4-11-24(18)20)14-22-15-6-5-7-17(12-15)26-19-9-1-3-10-21-19/h1-13,22H,14H2. The monoisotopic (exact) mass is 344 g/mol. The Morgan fingerprint density at radius 3 is 2.81 bits per heavy atom. The summed E-state index contributed by atoms with van der Waals surface area (Å²) in [5, 5.41) is 3.27. The summed E-state index contributed by atoms with van der Waals surface area (Å²) in [7, 11) is 0. The van der Waals surface area contributed by atoms with Gasteiger partial charge in [-0.3, -0.25) is 9.20 Å². The molecule has 128 valence electrons. The fraction of sp³-hybridized carbons (Fsp3) is 0.0500. The number of fused-ring (bicyclic) bond motifs is 1. The highest BCUT2D eigenvalue weighted by Gasteiger charge is 2.03. The molecule has 3 aromatic heterocycles. The van der Waals surface area contributed by atoms with Crippen molar-refractivity contribution >= 4 is 11.3 Å². The molecule has 6 heteroatoms. The second-order valence-electron chi connectivity index (χ2n) is 5.67. The molecule has 1 N–H and O–H groups in total. The van der Waals surface area contributed by atoms with E-state index in [0.29, 0.717) is 29.5 Å². The quantitative estimate of drug-likeness (QED) is 0.600. The molecule has 0 aliphatic heterocycles. The molecule has 26 heavy (non-hydrogen) atoms. The average molecular weight is 344 g/mol. The van der Waals surface area contributed by atoms with E-state index in [4.69, 9.17) is 4.74 Å². The number of benzene rings is 1. The molecular formula is C20H16N4O2. The minimum atomic E-state index is -0.0976.